The summed E-state index contributed by atoms with van der Waals surface area (Å²) in [6.45, 7) is 5.81. The number of barbiturate groups is 1. The van der Waals surface area contributed by atoms with Crippen molar-refractivity contribution in [2.24, 2.45) is 0 Å². The standard InChI is InChI=1S/C32H26N2O5/c1-4-17-39-28-16-15-22(20-29(28)38-3)19-26-30(35)33(24-12-7-9-21(2)18-24)32(37)34(31(26)36)27-14-8-11-23-10-5-6-13-25(23)27/h4-16,18-20H,1,17H2,2-3H3/b26-19+. The summed E-state index contributed by atoms with van der Waals surface area (Å²) in [7, 11) is 1.50. The van der Waals surface area contributed by atoms with Gasteiger partial charge in [-0.3, -0.25) is 9.59 Å². The van der Waals surface area contributed by atoms with E-state index >= 15 is 0 Å². The van der Waals surface area contributed by atoms with Crippen LogP contribution in [0.15, 0.2) is 103 Å². The third kappa shape index (κ3) is 4.78. The van der Waals surface area contributed by atoms with E-state index in [0.717, 1.165) is 20.7 Å². The lowest BCUT2D eigenvalue weighted by atomic mass is 10.0. The summed E-state index contributed by atoms with van der Waals surface area (Å²) in [5, 5.41) is 1.57. The fourth-order valence-electron chi connectivity index (χ4n) is 4.55. The van der Waals surface area contributed by atoms with Gasteiger partial charge in [0.2, 0.25) is 0 Å². The molecule has 4 amide bonds. The van der Waals surface area contributed by atoms with E-state index < -0.39 is 17.8 Å². The topological polar surface area (TPSA) is 76.2 Å². The molecule has 1 heterocycles. The first-order valence-electron chi connectivity index (χ1n) is 12.3. The van der Waals surface area contributed by atoms with Gasteiger partial charge in [-0.2, -0.15) is 0 Å². The van der Waals surface area contributed by atoms with Gasteiger partial charge in [-0.05, 0) is 59.8 Å². The predicted molar refractivity (Wildman–Crippen MR) is 152 cm³/mol. The quantitative estimate of drug-likeness (QED) is 0.163. The van der Waals surface area contributed by atoms with Crippen molar-refractivity contribution in [2.45, 2.75) is 6.92 Å². The number of urea groups is 1. The Labute approximate surface area is 226 Å². The average Bonchev–Trinajstić information content (AvgIpc) is 2.94. The highest BCUT2D eigenvalue weighted by Gasteiger charge is 2.44. The molecule has 7 heteroatoms. The average molecular weight is 519 g/mol. The number of imide groups is 2. The summed E-state index contributed by atoms with van der Waals surface area (Å²) in [6.07, 6.45) is 3.09. The lowest BCUT2D eigenvalue weighted by molar-refractivity contribution is -0.121. The Morgan fingerprint density at radius 1 is 0.821 bits per heavy atom. The molecule has 1 aliphatic rings. The zero-order chi connectivity index (χ0) is 27.5. The molecule has 39 heavy (non-hydrogen) atoms. The van der Waals surface area contributed by atoms with E-state index in [-0.39, 0.29) is 5.57 Å². The molecule has 0 unspecified atom stereocenters. The number of carbonyl (C=O) groups excluding carboxylic acids is 3. The highest BCUT2D eigenvalue weighted by Crippen LogP contribution is 2.35. The first kappa shape index (κ1) is 25.5. The number of fused-ring (bicyclic) bond motifs is 1. The molecule has 0 bridgehead atoms. The second-order valence-electron chi connectivity index (χ2n) is 8.97. The van der Waals surface area contributed by atoms with Gasteiger partial charge in [0.15, 0.2) is 11.5 Å². The zero-order valence-corrected chi connectivity index (χ0v) is 21.6. The molecule has 7 nitrogen and oxygen atoms in total. The van der Waals surface area contributed by atoms with Crippen LogP contribution in [0.4, 0.5) is 16.2 Å². The van der Waals surface area contributed by atoms with Gasteiger partial charge in [0.25, 0.3) is 11.8 Å². The van der Waals surface area contributed by atoms with Crippen LogP contribution in [-0.2, 0) is 9.59 Å². The minimum atomic E-state index is -0.741. The van der Waals surface area contributed by atoms with E-state index in [1.165, 1.54) is 13.2 Å². The summed E-state index contributed by atoms with van der Waals surface area (Å²) in [6, 6.07) is 24.2. The number of aryl methyl sites for hydroxylation is 1. The van der Waals surface area contributed by atoms with Crippen molar-refractivity contribution in [1.29, 1.82) is 0 Å². The van der Waals surface area contributed by atoms with E-state index in [0.29, 0.717) is 40.4 Å². The molecule has 4 aromatic carbocycles. The number of ether oxygens (including phenoxy) is 2. The summed E-state index contributed by atoms with van der Waals surface area (Å²) < 4.78 is 11.1. The number of hydrogen-bond donors (Lipinski definition) is 0. The van der Waals surface area contributed by atoms with E-state index in [4.69, 9.17) is 9.47 Å². The first-order valence-corrected chi connectivity index (χ1v) is 12.3. The number of benzene rings is 4. The lowest BCUT2D eigenvalue weighted by Crippen LogP contribution is -2.57. The smallest absolute Gasteiger partial charge is 0.343 e. The van der Waals surface area contributed by atoms with Crippen LogP contribution in [-0.4, -0.2) is 31.6 Å². The van der Waals surface area contributed by atoms with Crippen LogP contribution >= 0.6 is 0 Å². The molecule has 0 aliphatic carbocycles. The Kier molecular flexibility index (Phi) is 6.97. The molecule has 0 spiro atoms. The van der Waals surface area contributed by atoms with E-state index in [9.17, 15) is 14.4 Å². The number of hydrogen-bond acceptors (Lipinski definition) is 5. The summed E-state index contributed by atoms with van der Waals surface area (Å²) in [5.41, 5.74) is 2.01. The number of carbonyl (C=O) groups is 3. The van der Waals surface area contributed by atoms with Gasteiger partial charge >= 0.3 is 6.03 Å². The second-order valence-corrected chi connectivity index (χ2v) is 8.97. The van der Waals surface area contributed by atoms with Gasteiger partial charge < -0.3 is 9.47 Å². The van der Waals surface area contributed by atoms with Crippen LogP contribution in [0.25, 0.3) is 16.8 Å². The Morgan fingerprint density at radius 3 is 2.33 bits per heavy atom. The Balaban J connectivity index is 1.67. The SMILES string of the molecule is C=CCOc1ccc(/C=C2\C(=O)N(c3cccc(C)c3)C(=O)N(c3cccc4ccccc34)C2=O)cc1OC. The number of rotatable bonds is 7. The maximum Gasteiger partial charge on any atom is 0.343 e. The van der Waals surface area contributed by atoms with E-state index in [1.807, 2.05) is 43.3 Å². The van der Waals surface area contributed by atoms with Crippen LogP contribution in [0.5, 0.6) is 11.5 Å². The van der Waals surface area contributed by atoms with Crippen molar-refractivity contribution < 1.29 is 23.9 Å². The summed E-state index contributed by atoms with van der Waals surface area (Å²) >= 11 is 0. The largest absolute Gasteiger partial charge is 0.493 e. The predicted octanol–water partition coefficient (Wildman–Crippen LogP) is 6.31. The minimum absolute atomic E-state index is 0.161. The fraction of sp³-hybridized carbons (Fsp3) is 0.0938. The monoisotopic (exact) mass is 518 g/mol. The third-order valence-electron chi connectivity index (χ3n) is 6.37. The fourth-order valence-corrected chi connectivity index (χ4v) is 4.55. The van der Waals surface area contributed by atoms with Gasteiger partial charge in [-0.15, -0.1) is 0 Å². The molecule has 0 aromatic heterocycles. The molecule has 5 rings (SSSR count). The van der Waals surface area contributed by atoms with E-state index in [1.54, 1.807) is 54.6 Å². The van der Waals surface area contributed by atoms with Crippen LogP contribution < -0.4 is 19.3 Å². The molecule has 194 valence electrons. The number of methoxy groups -OCH3 is 1. The molecule has 1 fully saturated rings. The van der Waals surface area contributed by atoms with Crippen molar-refractivity contribution in [3.05, 3.63) is 114 Å². The highest BCUT2D eigenvalue weighted by molar-refractivity contribution is 6.46. The maximum atomic E-state index is 13.9. The second kappa shape index (κ2) is 10.7. The summed E-state index contributed by atoms with van der Waals surface area (Å²) in [4.78, 5) is 43.7. The lowest BCUT2D eigenvalue weighted by Gasteiger charge is -2.34. The highest BCUT2D eigenvalue weighted by atomic mass is 16.5. The molecule has 1 aliphatic heterocycles. The van der Waals surface area contributed by atoms with Gasteiger partial charge in [0.05, 0.1) is 18.5 Å². The van der Waals surface area contributed by atoms with Crippen molar-refractivity contribution in [3.8, 4) is 11.5 Å². The first-order chi connectivity index (χ1) is 18.9. The number of amides is 4. The summed E-state index contributed by atoms with van der Waals surface area (Å²) in [5.74, 6) is -0.497. The molecule has 1 saturated heterocycles. The van der Waals surface area contributed by atoms with Crippen molar-refractivity contribution in [2.75, 3.05) is 23.5 Å². The number of anilines is 2. The van der Waals surface area contributed by atoms with Crippen LogP contribution in [0, 0.1) is 6.92 Å². The van der Waals surface area contributed by atoms with Gasteiger partial charge in [-0.25, -0.2) is 14.6 Å². The van der Waals surface area contributed by atoms with Crippen LogP contribution in [0.3, 0.4) is 0 Å². The van der Waals surface area contributed by atoms with Crippen molar-refractivity contribution in [1.82, 2.24) is 0 Å². The van der Waals surface area contributed by atoms with Crippen LogP contribution in [0.1, 0.15) is 11.1 Å². The molecule has 0 atom stereocenters. The van der Waals surface area contributed by atoms with Crippen LogP contribution in [0.2, 0.25) is 0 Å². The molecule has 0 N–H and O–H groups in total. The molecular weight excluding hydrogens is 492 g/mol. The molecule has 0 saturated carbocycles. The van der Waals surface area contributed by atoms with Crippen molar-refractivity contribution >= 4 is 46.1 Å². The zero-order valence-electron chi connectivity index (χ0n) is 21.6. The molecule has 0 radical (unpaired) electrons. The molecule has 4 aromatic rings. The minimum Gasteiger partial charge on any atom is -0.493 e. The molecular formula is C32H26N2O5. The van der Waals surface area contributed by atoms with Crippen molar-refractivity contribution in [3.63, 3.8) is 0 Å². The van der Waals surface area contributed by atoms with Gasteiger partial charge in [0.1, 0.15) is 12.2 Å². The third-order valence-corrected chi connectivity index (χ3v) is 6.37. The van der Waals surface area contributed by atoms with Gasteiger partial charge in [-0.1, -0.05) is 67.3 Å². The van der Waals surface area contributed by atoms with E-state index in [2.05, 4.69) is 6.58 Å². The van der Waals surface area contributed by atoms with Gasteiger partial charge in [0, 0.05) is 5.39 Å². The maximum absolute atomic E-state index is 13.9. The normalized spacial score (nSPS) is 14.7. The Morgan fingerprint density at radius 2 is 1.56 bits per heavy atom. The Hall–Kier alpha value is -5.17. The number of nitrogens with zero attached hydrogens (tertiary/aromatic N) is 2. The Bertz CT molecular complexity index is 1650.